The van der Waals surface area contributed by atoms with E-state index >= 15 is 0 Å². The van der Waals surface area contributed by atoms with Crippen LogP contribution in [0, 0.1) is 6.92 Å². The van der Waals surface area contributed by atoms with E-state index in [0.29, 0.717) is 35.2 Å². The third-order valence-corrected chi connectivity index (χ3v) is 4.66. The fourth-order valence-electron chi connectivity index (χ4n) is 3.11. The van der Waals surface area contributed by atoms with Crippen LogP contribution in [0.1, 0.15) is 21.6 Å². The Balaban J connectivity index is 1.80. The van der Waals surface area contributed by atoms with Gasteiger partial charge in [-0.2, -0.15) is 0 Å². The third kappa shape index (κ3) is 4.46. The Bertz CT molecular complexity index is 1030. The zero-order valence-electron chi connectivity index (χ0n) is 17.4. The molecule has 0 saturated heterocycles. The molecule has 0 saturated carbocycles. The number of aryl methyl sites for hydroxylation is 1. The molecule has 3 rings (SSSR count). The van der Waals surface area contributed by atoms with Crippen molar-refractivity contribution in [2.75, 3.05) is 26.6 Å². The summed E-state index contributed by atoms with van der Waals surface area (Å²) in [7, 11) is 4.45. The molecule has 0 atom stereocenters. The lowest BCUT2D eigenvalue weighted by atomic mass is 10.1. The van der Waals surface area contributed by atoms with Gasteiger partial charge in [0.1, 0.15) is 0 Å². The Kier molecular flexibility index (Phi) is 6.41. The van der Waals surface area contributed by atoms with E-state index < -0.39 is 11.7 Å². The maximum atomic E-state index is 12.8. The van der Waals surface area contributed by atoms with Gasteiger partial charge in [0.2, 0.25) is 5.75 Å². The highest BCUT2D eigenvalue weighted by Crippen LogP contribution is 2.39. The summed E-state index contributed by atoms with van der Waals surface area (Å²) in [5.74, 6) is -0.241. The van der Waals surface area contributed by atoms with E-state index in [2.05, 4.69) is 5.32 Å². The molecule has 1 heterocycles. The van der Waals surface area contributed by atoms with Crippen molar-refractivity contribution in [1.82, 2.24) is 4.57 Å². The lowest BCUT2D eigenvalue weighted by Crippen LogP contribution is -2.25. The molecule has 0 aliphatic carbocycles. The minimum absolute atomic E-state index is 0.306. The number of carbonyl (C=O) groups is 2. The summed E-state index contributed by atoms with van der Waals surface area (Å²) < 4.78 is 17.6. The van der Waals surface area contributed by atoms with Crippen LogP contribution in [-0.2, 0) is 11.3 Å². The summed E-state index contributed by atoms with van der Waals surface area (Å²) in [5, 5.41) is 2.61. The van der Waals surface area contributed by atoms with Crippen molar-refractivity contribution in [1.29, 1.82) is 0 Å². The number of Topliss-reactive ketones (excluding diaryl/α,β-unsaturated/α-hetero) is 1. The van der Waals surface area contributed by atoms with Gasteiger partial charge in [0.25, 0.3) is 11.7 Å². The van der Waals surface area contributed by atoms with E-state index in [1.807, 2.05) is 31.2 Å². The van der Waals surface area contributed by atoms with Gasteiger partial charge < -0.3 is 24.1 Å². The van der Waals surface area contributed by atoms with Crippen molar-refractivity contribution in [2.45, 2.75) is 13.5 Å². The predicted octanol–water partition coefficient (Wildman–Crippen LogP) is 3.69. The Morgan fingerprint density at radius 2 is 1.57 bits per heavy atom. The lowest BCUT2D eigenvalue weighted by molar-refractivity contribution is -0.112. The number of rotatable bonds is 8. The van der Waals surface area contributed by atoms with Gasteiger partial charge >= 0.3 is 0 Å². The molecule has 0 radical (unpaired) electrons. The maximum absolute atomic E-state index is 12.8. The molecule has 0 bridgehead atoms. The first-order chi connectivity index (χ1) is 14.5. The van der Waals surface area contributed by atoms with Crippen molar-refractivity contribution in [3.05, 3.63) is 71.5 Å². The molecule has 0 fully saturated rings. The number of ketones is 1. The number of ether oxygens (including phenoxy) is 3. The van der Waals surface area contributed by atoms with E-state index in [9.17, 15) is 9.59 Å². The van der Waals surface area contributed by atoms with Crippen LogP contribution >= 0.6 is 0 Å². The topological polar surface area (TPSA) is 78.8 Å². The lowest BCUT2D eigenvalue weighted by Gasteiger charge is -2.14. The van der Waals surface area contributed by atoms with Crippen LogP contribution in [0.15, 0.2) is 54.7 Å². The van der Waals surface area contributed by atoms with Crippen LogP contribution in [0.25, 0.3) is 0 Å². The molecule has 0 spiro atoms. The molecule has 1 amide bonds. The second kappa shape index (κ2) is 9.17. The first-order valence-corrected chi connectivity index (χ1v) is 9.33. The zero-order valence-corrected chi connectivity index (χ0v) is 17.4. The monoisotopic (exact) mass is 408 g/mol. The van der Waals surface area contributed by atoms with E-state index in [1.54, 1.807) is 35.0 Å². The van der Waals surface area contributed by atoms with E-state index in [1.165, 1.54) is 21.3 Å². The standard InChI is InChI=1S/C23H24N2O5/c1-15-7-9-16(10-8-15)14-25-11-5-6-18(25)21(26)23(27)24-17-12-19(28-2)22(30-4)20(13-17)29-3/h5-13H,14H2,1-4H3,(H,24,27). The molecule has 156 valence electrons. The van der Waals surface area contributed by atoms with E-state index in [0.717, 1.165) is 11.1 Å². The molecule has 3 aromatic rings. The number of hydrogen-bond donors (Lipinski definition) is 1. The van der Waals surface area contributed by atoms with Gasteiger partial charge in [-0.05, 0) is 24.6 Å². The molecular formula is C23H24N2O5. The van der Waals surface area contributed by atoms with Crippen molar-refractivity contribution in [3.8, 4) is 17.2 Å². The second-order valence-corrected chi connectivity index (χ2v) is 6.70. The summed E-state index contributed by atoms with van der Waals surface area (Å²) in [6, 6.07) is 14.5. The van der Waals surface area contributed by atoms with Gasteiger partial charge in [-0.1, -0.05) is 29.8 Å². The normalized spacial score (nSPS) is 10.4. The van der Waals surface area contributed by atoms with Crippen molar-refractivity contribution >= 4 is 17.4 Å². The van der Waals surface area contributed by atoms with Crippen LogP contribution < -0.4 is 19.5 Å². The Morgan fingerprint density at radius 1 is 0.933 bits per heavy atom. The smallest absolute Gasteiger partial charge is 0.298 e. The molecule has 1 N–H and O–H groups in total. The van der Waals surface area contributed by atoms with Crippen LogP contribution in [0.2, 0.25) is 0 Å². The zero-order chi connectivity index (χ0) is 21.7. The third-order valence-electron chi connectivity index (χ3n) is 4.66. The average molecular weight is 408 g/mol. The van der Waals surface area contributed by atoms with Gasteiger partial charge in [-0.3, -0.25) is 9.59 Å². The summed E-state index contributed by atoms with van der Waals surface area (Å²) in [6.07, 6.45) is 1.78. The van der Waals surface area contributed by atoms with Crippen LogP contribution in [0.4, 0.5) is 5.69 Å². The number of carbonyl (C=O) groups excluding carboxylic acids is 2. The summed E-state index contributed by atoms with van der Waals surface area (Å²) in [6.45, 7) is 2.51. The largest absolute Gasteiger partial charge is 0.493 e. The van der Waals surface area contributed by atoms with Gasteiger partial charge in [0, 0.05) is 30.6 Å². The quantitative estimate of drug-likeness (QED) is 0.454. The molecule has 0 aliphatic rings. The number of methoxy groups -OCH3 is 3. The van der Waals surface area contributed by atoms with Crippen LogP contribution in [-0.4, -0.2) is 37.6 Å². The molecule has 0 aliphatic heterocycles. The first-order valence-electron chi connectivity index (χ1n) is 9.33. The molecule has 2 aromatic carbocycles. The molecule has 0 unspecified atom stereocenters. The molecule has 7 nitrogen and oxygen atoms in total. The van der Waals surface area contributed by atoms with Crippen molar-refractivity contribution in [2.24, 2.45) is 0 Å². The predicted molar refractivity (Wildman–Crippen MR) is 114 cm³/mol. The highest BCUT2D eigenvalue weighted by molar-refractivity contribution is 6.46. The molecule has 30 heavy (non-hydrogen) atoms. The van der Waals surface area contributed by atoms with E-state index in [-0.39, 0.29) is 0 Å². The molecule has 7 heteroatoms. The first kappa shape index (κ1) is 21.0. The number of aromatic nitrogens is 1. The minimum atomic E-state index is -0.756. The van der Waals surface area contributed by atoms with Crippen LogP contribution in [0.5, 0.6) is 17.2 Å². The number of anilines is 1. The summed E-state index contributed by atoms with van der Waals surface area (Å²) >= 11 is 0. The van der Waals surface area contributed by atoms with Crippen molar-refractivity contribution in [3.63, 3.8) is 0 Å². The number of nitrogens with zero attached hydrogens (tertiary/aromatic N) is 1. The fourth-order valence-corrected chi connectivity index (χ4v) is 3.11. The number of hydrogen-bond acceptors (Lipinski definition) is 5. The fraction of sp³-hybridized carbons (Fsp3) is 0.217. The number of amides is 1. The Morgan fingerprint density at radius 3 is 2.13 bits per heavy atom. The second-order valence-electron chi connectivity index (χ2n) is 6.70. The maximum Gasteiger partial charge on any atom is 0.298 e. The molecule has 1 aromatic heterocycles. The van der Waals surface area contributed by atoms with Gasteiger partial charge in [-0.15, -0.1) is 0 Å². The highest BCUT2D eigenvalue weighted by atomic mass is 16.5. The van der Waals surface area contributed by atoms with Gasteiger partial charge in [-0.25, -0.2) is 0 Å². The van der Waals surface area contributed by atoms with E-state index in [4.69, 9.17) is 14.2 Å². The summed E-state index contributed by atoms with van der Waals surface area (Å²) in [4.78, 5) is 25.4. The number of benzene rings is 2. The van der Waals surface area contributed by atoms with Gasteiger partial charge in [0.05, 0.1) is 27.0 Å². The van der Waals surface area contributed by atoms with Crippen LogP contribution in [0.3, 0.4) is 0 Å². The Hall–Kier alpha value is -3.74. The highest BCUT2D eigenvalue weighted by Gasteiger charge is 2.21. The SMILES string of the molecule is COc1cc(NC(=O)C(=O)c2cccn2Cc2ccc(C)cc2)cc(OC)c1OC. The minimum Gasteiger partial charge on any atom is -0.493 e. The van der Waals surface area contributed by atoms with Gasteiger partial charge in [0.15, 0.2) is 11.5 Å². The number of nitrogens with one attached hydrogen (secondary N) is 1. The van der Waals surface area contributed by atoms with Crippen molar-refractivity contribution < 1.29 is 23.8 Å². The Labute approximate surface area is 175 Å². The average Bonchev–Trinajstić information content (AvgIpc) is 3.21. The molecular weight excluding hydrogens is 384 g/mol. The summed E-state index contributed by atoms with van der Waals surface area (Å²) in [5.41, 5.74) is 2.86.